The zero-order valence-electron chi connectivity index (χ0n) is 23.9. The Morgan fingerprint density at radius 2 is 1.20 bits per heavy atom. The number of aromatic nitrogens is 1. The number of nitrogens with zero attached hydrogens (tertiary/aromatic N) is 1. The van der Waals surface area contributed by atoms with Crippen LogP contribution in [0.1, 0.15) is 11.5 Å². The van der Waals surface area contributed by atoms with E-state index in [1.165, 1.54) is 81.4 Å². The van der Waals surface area contributed by atoms with Gasteiger partial charge in [0.25, 0.3) is 0 Å². The van der Waals surface area contributed by atoms with E-state index in [0.717, 1.165) is 0 Å². The van der Waals surface area contributed by atoms with Gasteiger partial charge in [-0.3, -0.25) is 0 Å². The standard InChI is InChI=1S/C42H27NS/c1-2-13-26(14-3-1)43-37-23-10-8-20-34(37)40-39-30-18-6-4-15-27(30)35(25-36(39)28-16-5-7-19-31(28)41(40)43)33-22-12-21-32-29-17-9-11-24-38(29)44-42(32)33/h1-25,29,38H. The first-order valence-electron chi connectivity index (χ1n) is 15.4. The molecule has 0 saturated carbocycles. The summed E-state index contributed by atoms with van der Waals surface area (Å²) in [5, 5.41) is 10.9. The number of para-hydroxylation sites is 2. The van der Waals surface area contributed by atoms with Crippen LogP contribution >= 0.6 is 11.8 Å². The summed E-state index contributed by atoms with van der Waals surface area (Å²) in [7, 11) is 0. The molecule has 0 fully saturated rings. The molecule has 206 valence electrons. The van der Waals surface area contributed by atoms with Crippen LogP contribution in [0.15, 0.2) is 157 Å². The van der Waals surface area contributed by atoms with Gasteiger partial charge < -0.3 is 4.57 Å². The van der Waals surface area contributed by atoms with Gasteiger partial charge in [0.1, 0.15) is 0 Å². The summed E-state index contributed by atoms with van der Waals surface area (Å²) in [5.74, 6) is 0.441. The Bertz CT molecular complexity index is 2530. The largest absolute Gasteiger partial charge is 0.309 e. The summed E-state index contributed by atoms with van der Waals surface area (Å²) >= 11 is 2.02. The number of fused-ring (bicyclic) bond motifs is 13. The van der Waals surface area contributed by atoms with E-state index in [0.29, 0.717) is 11.2 Å². The molecule has 1 aliphatic carbocycles. The minimum Gasteiger partial charge on any atom is -0.309 e. The maximum Gasteiger partial charge on any atom is 0.0626 e. The normalized spacial score (nSPS) is 17.3. The fraction of sp³-hybridized carbons (Fsp3) is 0.0476. The molecule has 10 rings (SSSR count). The summed E-state index contributed by atoms with van der Waals surface area (Å²) in [6.45, 7) is 0. The number of rotatable bonds is 2. The van der Waals surface area contributed by atoms with Gasteiger partial charge in [-0.2, -0.15) is 0 Å². The molecule has 2 aliphatic rings. The molecule has 2 unspecified atom stereocenters. The van der Waals surface area contributed by atoms with Crippen LogP contribution in [0.2, 0.25) is 0 Å². The van der Waals surface area contributed by atoms with Crippen LogP contribution < -0.4 is 0 Å². The van der Waals surface area contributed by atoms with E-state index in [2.05, 4.69) is 156 Å². The zero-order valence-corrected chi connectivity index (χ0v) is 24.8. The van der Waals surface area contributed by atoms with E-state index in [-0.39, 0.29) is 0 Å². The van der Waals surface area contributed by atoms with Gasteiger partial charge in [-0.25, -0.2) is 0 Å². The van der Waals surface area contributed by atoms with Gasteiger partial charge in [-0.15, -0.1) is 11.8 Å². The second-order valence-electron chi connectivity index (χ2n) is 12.0. The van der Waals surface area contributed by atoms with E-state index in [1.807, 2.05) is 11.8 Å². The second-order valence-corrected chi connectivity index (χ2v) is 13.1. The van der Waals surface area contributed by atoms with Crippen LogP contribution in [0.3, 0.4) is 0 Å². The maximum absolute atomic E-state index is 2.50. The molecular formula is C42H27NS. The van der Waals surface area contributed by atoms with Crippen molar-refractivity contribution in [3.8, 4) is 16.8 Å². The summed E-state index contributed by atoms with van der Waals surface area (Å²) in [6.07, 6.45) is 9.15. The molecule has 1 aliphatic heterocycles. The predicted octanol–water partition coefficient (Wildman–Crippen LogP) is 11.6. The molecule has 7 aromatic carbocycles. The van der Waals surface area contributed by atoms with Crippen molar-refractivity contribution >= 4 is 65.9 Å². The molecule has 0 spiro atoms. The Hall–Kier alpha value is -5.05. The Labute approximate surface area is 259 Å². The first kappa shape index (κ1) is 24.4. The topological polar surface area (TPSA) is 4.93 Å². The van der Waals surface area contributed by atoms with Gasteiger partial charge in [0.15, 0.2) is 0 Å². The summed E-state index contributed by atoms with van der Waals surface area (Å²) in [5.41, 5.74) is 7.81. The van der Waals surface area contributed by atoms with Crippen molar-refractivity contribution in [1.29, 1.82) is 0 Å². The minimum absolute atomic E-state index is 0.441. The van der Waals surface area contributed by atoms with E-state index >= 15 is 0 Å². The first-order chi connectivity index (χ1) is 21.9. The number of hydrogen-bond donors (Lipinski definition) is 0. The Morgan fingerprint density at radius 1 is 0.500 bits per heavy atom. The summed E-state index contributed by atoms with van der Waals surface area (Å²) < 4.78 is 2.47. The number of hydrogen-bond acceptors (Lipinski definition) is 1. The molecule has 1 aromatic heterocycles. The second kappa shape index (κ2) is 9.22. The van der Waals surface area contributed by atoms with Gasteiger partial charge in [0.05, 0.1) is 11.0 Å². The fourth-order valence-electron chi connectivity index (χ4n) is 7.87. The van der Waals surface area contributed by atoms with Crippen molar-refractivity contribution < 1.29 is 0 Å². The molecule has 0 saturated heterocycles. The van der Waals surface area contributed by atoms with Crippen molar-refractivity contribution in [2.75, 3.05) is 0 Å². The van der Waals surface area contributed by atoms with Gasteiger partial charge >= 0.3 is 0 Å². The molecule has 0 amide bonds. The molecule has 0 radical (unpaired) electrons. The monoisotopic (exact) mass is 577 g/mol. The van der Waals surface area contributed by atoms with Gasteiger partial charge in [0, 0.05) is 43.3 Å². The average Bonchev–Trinajstić information content (AvgIpc) is 3.65. The summed E-state index contributed by atoms with van der Waals surface area (Å²) in [6, 6.07) is 47.2. The lowest BCUT2D eigenvalue weighted by Gasteiger charge is -2.17. The van der Waals surface area contributed by atoms with Gasteiger partial charge in [0.2, 0.25) is 0 Å². The van der Waals surface area contributed by atoms with Crippen LogP contribution in [0.5, 0.6) is 0 Å². The minimum atomic E-state index is 0.441. The van der Waals surface area contributed by atoms with Crippen LogP contribution in [0, 0.1) is 0 Å². The Balaban J connectivity index is 1.41. The molecule has 2 heteroatoms. The van der Waals surface area contributed by atoms with Crippen LogP contribution in [0.25, 0.3) is 70.9 Å². The van der Waals surface area contributed by atoms with Crippen molar-refractivity contribution in [3.63, 3.8) is 0 Å². The molecule has 0 N–H and O–H groups in total. The molecule has 2 heterocycles. The zero-order chi connectivity index (χ0) is 28.8. The van der Waals surface area contributed by atoms with E-state index in [4.69, 9.17) is 0 Å². The van der Waals surface area contributed by atoms with Crippen LogP contribution in [0.4, 0.5) is 0 Å². The lowest BCUT2D eigenvalue weighted by atomic mass is 9.86. The Morgan fingerprint density at radius 3 is 2.07 bits per heavy atom. The lowest BCUT2D eigenvalue weighted by Crippen LogP contribution is -2.06. The molecule has 8 aromatic rings. The van der Waals surface area contributed by atoms with Crippen molar-refractivity contribution in [3.05, 3.63) is 157 Å². The molecular weight excluding hydrogens is 551 g/mol. The number of benzene rings is 7. The van der Waals surface area contributed by atoms with Crippen LogP contribution in [-0.4, -0.2) is 9.82 Å². The highest BCUT2D eigenvalue weighted by Gasteiger charge is 2.33. The number of allylic oxidation sites excluding steroid dienone is 3. The number of thioether (sulfide) groups is 1. The molecule has 44 heavy (non-hydrogen) atoms. The average molecular weight is 578 g/mol. The van der Waals surface area contributed by atoms with Gasteiger partial charge in [-0.05, 0) is 62.5 Å². The quantitative estimate of drug-likeness (QED) is 0.185. The highest BCUT2D eigenvalue weighted by atomic mass is 32.2. The molecule has 2 atom stereocenters. The lowest BCUT2D eigenvalue weighted by molar-refractivity contribution is 0.881. The third-order valence-corrected chi connectivity index (χ3v) is 11.1. The molecule has 1 nitrogen and oxygen atoms in total. The van der Waals surface area contributed by atoms with E-state index in [1.54, 1.807) is 0 Å². The van der Waals surface area contributed by atoms with Crippen LogP contribution in [-0.2, 0) is 0 Å². The van der Waals surface area contributed by atoms with E-state index < -0.39 is 0 Å². The molecule has 0 bridgehead atoms. The smallest absolute Gasteiger partial charge is 0.0626 e. The van der Waals surface area contributed by atoms with E-state index in [9.17, 15) is 0 Å². The maximum atomic E-state index is 2.50. The SMILES string of the molecule is C1=CC2Sc3c(-c4cc5c6ccccc6c6c(c7ccccc7n6-c6ccccc6)c5c5ccccc45)cccc3C2C=C1. The van der Waals surface area contributed by atoms with Crippen molar-refractivity contribution in [1.82, 2.24) is 4.57 Å². The highest BCUT2D eigenvalue weighted by molar-refractivity contribution is 8.00. The predicted molar refractivity (Wildman–Crippen MR) is 189 cm³/mol. The van der Waals surface area contributed by atoms with Crippen molar-refractivity contribution in [2.24, 2.45) is 0 Å². The highest BCUT2D eigenvalue weighted by Crippen LogP contribution is 2.53. The van der Waals surface area contributed by atoms with Gasteiger partial charge in [-0.1, -0.05) is 127 Å². The third-order valence-electron chi connectivity index (χ3n) is 9.69. The third kappa shape index (κ3) is 3.26. The van der Waals surface area contributed by atoms with Crippen molar-refractivity contribution in [2.45, 2.75) is 16.1 Å². The first-order valence-corrected chi connectivity index (χ1v) is 16.2. The fourth-order valence-corrected chi connectivity index (χ4v) is 9.35. The summed E-state index contributed by atoms with van der Waals surface area (Å²) in [4.78, 5) is 1.43. The Kier molecular flexibility index (Phi) is 5.11.